The van der Waals surface area contributed by atoms with E-state index in [4.69, 9.17) is 0 Å². The quantitative estimate of drug-likeness (QED) is 0.811. The van der Waals surface area contributed by atoms with E-state index >= 15 is 0 Å². The Balaban J connectivity index is 2.15. The normalized spacial score (nSPS) is 11.4. The van der Waals surface area contributed by atoms with Crippen LogP contribution in [-0.2, 0) is 5.41 Å². The van der Waals surface area contributed by atoms with Gasteiger partial charge in [-0.25, -0.2) is 0 Å². The van der Waals surface area contributed by atoms with Crippen LogP contribution in [0.15, 0.2) is 30.3 Å². The van der Waals surface area contributed by atoms with Crippen molar-refractivity contribution in [1.29, 1.82) is 0 Å². The molecule has 0 aliphatic carbocycles. The van der Waals surface area contributed by atoms with Gasteiger partial charge >= 0.3 is 0 Å². The maximum Gasteiger partial charge on any atom is 0.246 e. The highest BCUT2D eigenvalue weighted by atomic mass is 15.3. The molecule has 1 aromatic carbocycles. The van der Waals surface area contributed by atoms with Gasteiger partial charge in [0.1, 0.15) is 5.82 Å². The van der Waals surface area contributed by atoms with E-state index in [9.17, 15) is 0 Å². The number of rotatable bonds is 2. The third kappa shape index (κ3) is 2.39. The van der Waals surface area contributed by atoms with Crippen molar-refractivity contribution in [2.45, 2.75) is 26.2 Å². The van der Waals surface area contributed by atoms with E-state index in [2.05, 4.69) is 41.3 Å². The molecule has 0 bridgehead atoms. The van der Waals surface area contributed by atoms with Gasteiger partial charge in [0.2, 0.25) is 5.95 Å². The maximum atomic E-state index is 4.40. The van der Waals surface area contributed by atoms with Crippen molar-refractivity contribution in [2.75, 3.05) is 5.32 Å². The zero-order chi connectivity index (χ0) is 11.6. The van der Waals surface area contributed by atoms with Gasteiger partial charge < -0.3 is 5.32 Å². The average Bonchev–Trinajstić information content (AvgIpc) is 2.67. The van der Waals surface area contributed by atoms with Gasteiger partial charge in [0.25, 0.3) is 0 Å². The molecule has 2 aromatic rings. The molecule has 0 spiro atoms. The fourth-order valence-corrected chi connectivity index (χ4v) is 1.30. The molecule has 4 nitrogen and oxygen atoms in total. The first-order valence-electron chi connectivity index (χ1n) is 5.31. The molecule has 1 heterocycles. The summed E-state index contributed by atoms with van der Waals surface area (Å²) >= 11 is 0. The molecule has 0 fully saturated rings. The summed E-state index contributed by atoms with van der Waals surface area (Å²) in [6, 6.07) is 9.88. The summed E-state index contributed by atoms with van der Waals surface area (Å²) in [5.74, 6) is 1.49. The second-order valence-electron chi connectivity index (χ2n) is 4.75. The van der Waals surface area contributed by atoms with Crippen LogP contribution in [0.5, 0.6) is 0 Å². The van der Waals surface area contributed by atoms with Gasteiger partial charge in [-0.15, -0.1) is 5.10 Å². The fourth-order valence-electron chi connectivity index (χ4n) is 1.30. The topological polar surface area (TPSA) is 53.6 Å². The molecule has 0 saturated heterocycles. The Labute approximate surface area is 95.1 Å². The van der Waals surface area contributed by atoms with Gasteiger partial charge in [0.05, 0.1) is 0 Å². The van der Waals surface area contributed by atoms with Crippen LogP contribution >= 0.6 is 0 Å². The van der Waals surface area contributed by atoms with E-state index in [0.29, 0.717) is 5.95 Å². The van der Waals surface area contributed by atoms with Crippen LogP contribution in [0.2, 0.25) is 0 Å². The van der Waals surface area contributed by atoms with Gasteiger partial charge in [-0.1, -0.05) is 39.0 Å². The Morgan fingerprint density at radius 1 is 1.12 bits per heavy atom. The number of aromatic nitrogens is 3. The summed E-state index contributed by atoms with van der Waals surface area (Å²) in [7, 11) is 0. The number of benzene rings is 1. The summed E-state index contributed by atoms with van der Waals surface area (Å²) in [5.41, 5.74) is 0.978. The predicted octanol–water partition coefficient (Wildman–Crippen LogP) is 2.85. The Bertz CT molecular complexity index is 453. The van der Waals surface area contributed by atoms with Crippen LogP contribution in [0.3, 0.4) is 0 Å². The first-order valence-corrected chi connectivity index (χ1v) is 5.31. The summed E-state index contributed by atoms with van der Waals surface area (Å²) in [5, 5.41) is 10.2. The van der Waals surface area contributed by atoms with Crippen LogP contribution in [0.4, 0.5) is 11.6 Å². The standard InChI is InChI=1S/C12H16N4/c1-12(2,3)10-14-11(16-15-10)13-9-7-5-4-6-8-9/h4-8H,1-3H3,(H2,13,14,15,16). The number of hydrogen-bond acceptors (Lipinski definition) is 3. The number of H-pyrrole nitrogens is 1. The van der Waals surface area contributed by atoms with Crippen molar-refractivity contribution in [1.82, 2.24) is 15.2 Å². The number of nitrogens with zero attached hydrogens (tertiary/aromatic N) is 2. The molecule has 84 valence electrons. The van der Waals surface area contributed by atoms with E-state index in [0.717, 1.165) is 11.5 Å². The lowest BCUT2D eigenvalue weighted by Crippen LogP contribution is -2.13. The molecular weight excluding hydrogens is 200 g/mol. The highest BCUT2D eigenvalue weighted by molar-refractivity contribution is 5.52. The molecule has 2 N–H and O–H groups in total. The number of hydrogen-bond donors (Lipinski definition) is 2. The first-order chi connectivity index (χ1) is 7.55. The lowest BCUT2D eigenvalue weighted by atomic mass is 9.96. The van der Waals surface area contributed by atoms with Crippen molar-refractivity contribution < 1.29 is 0 Å². The SMILES string of the molecule is CC(C)(C)c1nc(Nc2ccccc2)n[nH]1. The minimum atomic E-state index is -0.0103. The van der Waals surface area contributed by atoms with Crippen LogP contribution in [-0.4, -0.2) is 15.2 Å². The van der Waals surface area contributed by atoms with E-state index in [1.807, 2.05) is 30.3 Å². The first kappa shape index (κ1) is 10.7. The molecule has 16 heavy (non-hydrogen) atoms. The van der Waals surface area contributed by atoms with Gasteiger partial charge in [0, 0.05) is 11.1 Å². The molecule has 4 heteroatoms. The molecule has 0 radical (unpaired) electrons. The third-order valence-electron chi connectivity index (χ3n) is 2.23. The molecule has 1 aromatic heterocycles. The van der Waals surface area contributed by atoms with Crippen molar-refractivity contribution >= 4 is 11.6 Å². The van der Waals surface area contributed by atoms with E-state index in [1.54, 1.807) is 0 Å². The molecule has 0 amide bonds. The lowest BCUT2D eigenvalue weighted by Gasteiger charge is -2.12. The second-order valence-corrected chi connectivity index (χ2v) is 4.75. The smallest absolute Gasteiger partial charge is 0.246 e. The zero-order valence-corrected chi connectivity index (χ0v) is 9.78. The third-order valence-corrected chi connectivity index (χ3v) is 2.23. The Morgan fingerprint density at radius 3 is 2.38 bits per heavy atom. The number of nitrogens with one attached hydrogen (secondary N) is 2. The van der Waals surface area contributed by atoms with Crippen LogP contribution in [0.25, 0.3) is 0 Å². The summed E-state index contributed by atoms with van der Waals surface area (Å²) in [6.07, 6.45) is 0. The predicted molar refractivity (Wildman–Crippen MR) is 64.8 cm³/mol. The molecule has 2 rings (SSSR count). The minimum Gasteiger partial charge on any atom is -0.323 e. The average molecular weight is 216 g/mol. The maximum absolute atomic E-state index is 4.40. The summed E-state index contributed by atoms with van der Waals surface area (Å²) in [6.45, 7) is 6.29. The summed E-state index contributed by atoms with van der Waals surface area (Å²) in [4.78, 5) is 4.40. The van der Waals surface area contributed by atoms with E-state index in [-0.39, 0.29) is 5.41 Å². The van der Waals surface area contributed by atoms with Crippen LogP contribution in [0.1, 0.15) is 26.6 Å². The van der Waals surface area contributed by atoms with Gasteiger partial charge in [-0.2, -0.15) is 4.98 Å². The molecule has 0 aliphatic rings. The highest BCUT2D eigenvalue weighted by Gasteiger charge is 2.18. The minimum absolute atomic E-state index is 0.0103. The van der Waals surface area contributed by atoms with Crippen molar-refractivity contribution in [3.8, 4) is 0 Å². The molecule has 0 unspecified atom stereocenters. The Kier molecular flexibility index (Phi) is 2.64. The summed E-state index contributed by atoms with van der Waals surface area (Å²) < 4.78 is 0. The van der Waals surface area contributed by atoms with Crippen molar-refractivity contribution in [2.24, 2.45) is 0 Å². The second kappa shape index (κ2) is 3.96. The Hall–Kier alpha value is -1.84. The van der Waals surface area contributed by atoms with E-state index < -0.39 is 0 Å². The van der Waals surface area contributed by atoms with Crippen LogP contribution < -0.4 is 5.32 Å². The monoisotopic (exact) mass is 216 g/mol. The number of anilines is 2. The fraction of sp³-hybridized carbons (Fsp3) is 0.333. The highest BCUT2D eigenvalue weighted by Crippen LogP contribution is 2.19. The molecule has 0 atom stereocenters. The zero-order valence-electron chi connectivity index (χ0n) is 9.78. The van der Waals surface area contributed by atoms with Crippen molar-refractivity contribution in [3.63, 3.8) is 0 Å². The molecule has 0 saturated carbocycles. The number of para-hydroxylation sites is 1. The molecular formula is C12H16N4. The van der Waals surface area contributed by atoms with Crippen molar-refractivity contribution in [3.05, 3.63) is 36.2 Å². The largest absolute Gasteiger partial charge is 0.323 e. The number of aromatic amines is 1. The van der Waals surface area contributed by atoms with Gasteiger partial charge in [0.15, 0.2) is 0 Å². The van der Waals surface area contributed by atoms with Crippen LogP contribution in [0, 0.1) is 0 Å². The van der Waals surface area contributed by atoms with Gasteiger partial charge in [-0.3, -0.25) is 5.10 Å². The molecule has 0 aliphatic heterocycles. The van der Waals surface area contributed by atoms with Gasteiger partial charge in [-0.05, 0) is 12.1 Å². The Morgan fingerprint density at radius 2 is 1.81 bits per heavy atom. The van der Waals surface area contributed by atoms with E-state index in [1.165, 1.54) is 0 Å². The lowest BCUT2D eigenvalue weighted by molar-refractivity contribution is 0.548.